The second kappa shape index (κ2) is 10.5. The van der Waals surface area contributed by atoms with Gasteiger partial charge < -0.3 is 15.2 Å². The zero-order valence-electron chi connectivity index (χ0n) is 18.9. The number of nitrogens with two attached hydrogens (primary N) is 1. The number of hydrogen-bond acceptors (Lipinski definition) is 7. The van der Waals surface area contributed by atoms with Crippen LogP contribution in [0.15, 0.2) is 77.8 Å². The molecule has 2 atom stereocenters. The molecule has 0 spiro atoms. The van der Waals surface area contributed by atoms with Gasteiger partial charge in [-0.05, 0) is 44.0 Å². The van der Waals surface area contributed by atoms with E-state index in [0.717, 1.165) is 11.1 Å². The Morgan fingerprint density at radius 3 is 2.30 bits per heavy atom. The summed E-state index contributed by atoms with van der Waals surface area (Å²) in [6.07, 6.45) is 1.27. The normalized spacial score (nSPS) is 19.2. The van der Waals surface area contributed by atoms with E-state index in [1.807, 2.05) is 49.4 Å². The van der Waals surface area contributed by atoms with E-state index in [4.69, 9.17) is 15.2 Å². The van der Waals surface area contributed by atoms with Crippen LogP contribution in [0.1, 0.15) is 30.9 Å². The van der Waals surface area contributed by atoms with Crippen LogP contribution in [0, 0.1) is 24.2 Å². The molecule has 0 saturated heterocycles. The van der Waals surface area contributed by atoms with Crippen molar-refractivity contribution in [2.75, 3.05) is 18.1 Å². The van der Waals surface area contributed by atoms with Gasteiger partial charge in [0.1, 0.15) is 11.7 Å². The third-order valence-electron chi connectivity index (χ3n) is 5.49. The molecule has 2 N–H and O–H groups in total. The molecule has 1 heterocycles. The number of allylic oxidation sites excluding steroid dienone is 1. The quantitative estimate of drug-likeness (QED) is 0.531. The SMILES string of the molecule is CCOC(=O)/C=C1\[C@H](C(=O)OCC)[C@@H](c2ccccc2C)C(C#N)=C(N)N1c1ccccc1. The van der Waals surface area contributed by atoms with Gasteiger partial charge in [-0.25, -0.2) is 4.79 Å². The number of para-hydroxylation sites is 1. The fourth-order valence-corrected chi connectivity index (χ4v) is 4.11. The van der Waals surface area contributed by atoms with Crippen molar-refractivity contribution in [3.05, 3.63) is 88.9 Å². The molecule has 2 aromatic carbocycles. The molecule has 170 valence electrons. The molecule has 7 heteroatoms. The number of aryl methyl sites for hydroxylation is 1. The van der Waals surface area contributed by atoms with Crippen LogP contribution in [0.5, 0.6) is 0 Å². The molecular formula is C26H27N3O4. The van der Waals surface area contributed by atoms with Crippen LogP contribution in [-0.4, -0.2) is 25.2 Å². The van der Waals surface area contributed by atoms with Crippen molar-refractivity contribution in [1.82, 2.24) is 0 Å². The van der Waals surface area contributed by atoms with Crippen molar-refractivity contribution in [3.63, 3.8) is 0 Å². The van der Waals surface area contributed by atoms with Crippen molar-refractivity contribution in [2.24, 2.45) is 11.7 Å². The standard InChI is InChI=1S/C26H27N3O4/c1-4-32-22(30)15-21-24(26(31)33-5-2)23(19-14-10-9-11-17(19)3)20(16-27)25(28)29(21)18-12-7-6-8-13-18/h6-15,23-24H,4-5,28H2,1-3H3/b21-15+/t23-,24-/m0/s1. The molecule has 0 amide bonds. The predicted octanol–water partition coefficient (Wildman–Crippen LogP) is 3.92. The minimum Gasteiger partial charge on any atom is -0.465 e. The third kappa shape index (κ3) is 4.75. The summed E-state index contributed by atoms with van der Waals surface area (Å²) >= 11 is 0. The molecule has 0 fully saturated rings. The maximum atomic E-state index is 13.4. The van der Waals surface area contributed by atoms with Crippen LogP contribution >= 0.6 is 0 Å². The van der Waals surface area contributed by atoms with Gasteiger partial charge in [-0.1, -0.05) is 42.5 Å². The van der Waals surface area contributed by atoms with Gasteiger partial charge in [-0.15, -0.1) is 0 Å². The number of esters is 2. The first kappa shape index (κ1) is 23.6. The number of carbonyl (C=O) groups is 2. The minimum atomic E-state index is -0.988. The highest BCUT2D eigenvalue weighted by atomic mass is 16.5. The average molecular weight is 446 g/mol. The summed E-state index contributed by atoms with van der Waals surface area (Å²) < 4.78 is 10.6. The summed E-state index contributed by atoms with van der Waals surface area (Å²) in [5, 5.41) is 10.2. The Bertz CT molecular complexity index is 1130. The first-order chi connectivity index (χ1) is 15.9. The Morgan fingerprint density at radius 2 is 1.70 bits per heavy atom. The second-order valence-electron chi connectivity index (χ2n) is 7.47. The molecule has 0 radical (unpaired) electrons. The Hall–Kier alpha value is -4.05. The Kier molecular flexibility index (Phi) is 7.52. The van der Waals surface area contributed by atoms with Crippen LogP contribution < -0.4 is 10.6 Å². The lowest BCUT2D eigenvalue weighted by molar-refractivity contribution is -0.147. The lowest BCUT2D eigenvalue weighted by Gasteiger charge is -2.41. The fraction of sp³-hybridized carbons (Fsp3) is 0.269. The molecular weight excluding hydrogens is 418 g/mol. The van der Waals surface area contributed by atoms with E-state index in [2.05, 4.69) is 6.07 Å². The smallest absolute Gasteiger partial charge is 0.332 e. The highest BCUT2D eigenvalue weighted by Gasteiger charge is 2.46. The molecule has 0 aromatic heterocycles. The van der Waals surface area contributed by atoms with Gasteiger partial charge in [0.15, 0.2) is 0 Å². The molecule has 0 saturated carbocycles. The number of anilines is 1. The van der Waals surface area contributed by atoms with Gasteiger partial charge in [0.05, 0.1) is 24.9 Å². The van der Waals surface area contributed by atoms with Crippen LogP contribution in [-0.2, 0) is 19.1 Å². The average Bonchev–Trinajstić information content (AvgIpc) is 2.80. The molecule has 7 nitrogen and oxygen atoms in total. The second-order valence-corrected chi connectivity index (χ2v) is 7.47. The summed E-state index contributed by atoms with van der Waals surface area (Å²) in [6.45, 7) is 5.64. The summed E-state index contributed by atoms with van der Waals surface area (Å²) in [5.74, 6) is -2.73. The molecule has 3 rings (SSSR count). The lowest BCUT2D eigenvalue weighted by atomic mass is 9.74. The zero-order chi connectivity index (χ0) is 24.0. The van der Waals surface area contributed by atoms with Crippen LogP contribution in [0.4, 0.5) is 5.69 Å². The number of carbonyl (C=O) groups excluding carboxylic acids is 2. The van der Waals surface area contributed by atoms with Crippen LogP contribution in [0.2, 0.25) is 0 Å². The topological polar surface area (TPSA) is 106 Å². The van der Waals surface area contributed by atoms with E-state index < -0.39 is 23.8 Å². The number of rotatable bonds is 6. The highest BCUT2D eigenvalue weighted by molar-refractivity contribution is 5.89. The van der Waals surface area contributed by atoms with Crippen LogP contribution in [0.25, 0.3) is 0 Å². The molecule has 2 aromatic rings. The van der Waals surface area contributed by atoms with Crippen molar-refractivity contribution in [3.8, 4) is 6.07 Å². The molecule has 0 bridgehead atoms. The van der Waals surface area contributed by atoms with E-state index in [0.29, 0.717) is 11.4 Å². The van der Waals surface area contributed by atoms with Gasteiger partial charge in [0.2, 0.25) is 0 Å². The predicted molar refractivity (Wildman–Crippen MR) is 125 cm³/mol. The Balaban J connectivity index is 2.37. The fourth-order valence-electron chi connectivity index (χ4n) is 4.11. The number of hydrogen-bond donors (Lipinski definition) is 1. The van der Waals surface area contributed by atoms with Crippen molar-refractivity contribution in [1.29, 1.82) is 5.26 Å². The summed E-state index contributed by atoms with van der Waals surface area (Å²) in [5.41, 5.74) is 9.34. The van der Waals surface area contributed by atoms with Gasteiger partial charge >= 0.3 is 11.9 Å². The van der Waals surface area contributed by atoms with Gasteiger partial charge in [0, 0.05) is 23.4 Å². The Morgan fingerprint density at radius 1 is 1.06 bits per heavy atom. The van der Waals surface area contributed by atoms with Gasteiger partial charge in [-0.3, -0.25) is 9.69 Å². The summed E-state index contributed by atoms with van der Waals surface area (Å²) in [4.78, 5) is 27.5. The highest BCUT2D eigenvalue weighted by Crippen LogP contribution is 2.46. The number of ether oxygens (including phenoxy) is 2. The monoisotopic (exact) mass is 445 g/mol. The van der Waals surface area contributed by atoms with Crippen molar-refractivity contribution in [2.45, 2.75) is 26.7 Å². The molecule has 1 aliphatic rings. The molecule has 33 heavy (non-hydrogen) atoms. The van der Waals surface area contributed by atoms with Crippen molar-refractivity contribution >= 4 is 17.6 Å². The van der Waals surface area contributed by atoms with Gasteiger partial charge in [-0.2, -0.15) is 5.26 Å². The maximum absolute atomic E-state index is 13.4. The van der Waals surface area contributed by atoms with Crippen molar-refractivity contribution < 1.29 is 19.1 Å². The number of benzene rings is 2. The van der Waals surface area contributed by atoms with E-state index in [-0.39, 0.29) is 24.6 Å². The Labute approximate surface area is 193 Å². The molecule has 0 unspecified atom stereocenters. The number of nitrogens with zero attached hydrogens (tertiary/aromatic N) is 2. The summed E-state index contributed by atoms with van der Waals surface area (Å²) in [7, 11) is 0. The molecule has 0 aliphatic carbocycles. The lowest BCUT2D eigenvalue weighted by Crippen LogP contribution is -2.44. The minimum absolute atomic E-state index is 0.146. The van der Waals surface area contributed by atoms with E-state index in [9.17, 15) is 14.9 Å². The van der Waals surface area contributed by atoms with E-state index in [1.54, 1.807) is 30.9 Å². The molecule has 1 aliphatic heterocycles. The van der Waals surface area contributed by atoms with E-state index >= 15 is 0 Å². The van der Waals surface area contributed by atoms with E-state index in [1.165, 1.54) is 6.08 Å². The summed E-state index contributed by atoms with van der Waals surface area (Å²) in [6, 6.07) is 18.7. The zero-order valence-corrected chi connectivity index (χ0v) is 18.9. The first-order valence-electron chi connectivity index (χ1n) is 10.8. The van der Waals surface area contributed by atoms with Crippen LogP contribution in [0.3, 0.4) is 0 Å². The largest absolute Gasteiger partial charge is 0.465 e. The third-order valence-corrected chi connectivity index (χ3v) is 5.49. The number of nitriles is 1. The maximum Gasteiger partial charge on any atom is 0.332 e. The first-order valence-corrected chi connectivity index (χ1v) is 10.8. The van der Waals surface area contributed by atoms with Gasteiger partial charge in [0.25, 0.3) is 0 Å².